The predicted octanol–water partition coefficient (Wildman–Crippen LogP) is 1.27. The van der Waals surface area contributed by atoms with Gasteiger partial charge in [-0.3, -0.25) is 0 Å². The summed E-state index contributed by atoms with van der Waals surface area (Å²) >= 11 is 0. The molecule has 0 saturated heterocycles. The van der Waals surface area contributed by atoms with E-state index in [1.165, 1.54) is 0 Å². The summed E-state index contributed by atoms with van der Waals surface area (Å²) in [6.45, 7) is 4.18. The number of rotatable bonds is 3. The van der Waals surface area contributed by atoms with E-state index < -0.39 is 0 Å². The monoisotopic (exact) mass is 166 g/mol. The molecule has 0 spiro atoms. The van der Waals surface area contributed by atoms with Gasteiger partial charge in [0.1, 0.15) is 0 Å². The molecule has 0 saturated carbocycles. The number of hydrogen-bond donors (Lipinski definition) is 2. The lowest BCUT2D eigenvalue weighted by Crippen LogP contribution is -2.16. The summed E-state index contributed by atoms with van der Waals surface area (Å²) in [4.78, 5) is 7.99. The van der Waals surface area contributed by atoms with E-state index in [2.05, 4.69) is 29.1 Å². The van der Waals surface area contributed by atoms with Gasteiger partial charge in [-0.2, -0.15) is 0 Å². The third-order valence-electron chi connectivity index (χ3n) is 1.72. The van der Waals surface area contributed by atoms with Crippen LogP contribution in [0.1, 0.15) is 20.3 Å². The minimum Gasteiger partial charge on any atom is -0.381 e. The Kier molecular flexibility index (Phi) is 2.85. The molecule has 0 fully saturated rings. The number of nitrogens with two attached hydrogens (primary N) is 1. The Balaban J connectivity index is 2.69. The highest BCUT2D eigenvalue weighted by molar-refractivity contribution is 5.55. The van der Waals surface area contributed by atoms with Gasteiger partial charge < -0.3 is 11.1 Å². The van der Waals surface area contributed by atoms with Gasteiger partial charge in [0.15, 0.2) is 11.6 Å². The predicted molar refractivity (Wildman–Crippen MR) is 49.8 cm³/mol. The minimum atomic E-state index is 0.379. The van der Waals surface area contributed by atoms with Crippen molar-refractivity contribution in [2.75, 3.05) is 11.1 Å². The van der Waals surface area contributed by atoms with Gasteiger partial charge in [-0.05, 0) is 13.3 Å². The van der Waals surface area contributed by atoms with Gasteiger partial charge in [0.05, 0.1) is 0 Å². The molecule has 0 bridgehead atoms. The number of hydrogen-bond acceptors (Lipinski definition) is 4. The third-order valence-corrected chi connectivity index (χ3v) is 1.72. The van der Waals surface area contributed by atoms with Crippen LogP contribution in [0.15, 0.2) is 12.4 Å². The van der Waals surface area contributed by atoms with Gasteiger partial charge in [-0.15, -0.1) is 0 Å². The van der Waals surface area contributed by atoms with Crippen LogP contribution in [0.25, 0.3) is 0 Å². The van der Waals surface area contributed by atoms with Crippen molar-refractivity contribution in [1.82, 2.24) is 9.97 Å². The molecule has 4 heteroatoms. The molecule has 1 heterocycles. The molecule has 3 N–H and O–H groups in total. The molecule has 1 rings (SSSR count). The summed E-state index contributed by atoms with van der Waals surface area (Å²) in [5.74, 6) is 1.13. The van der Waals surface area contributed by atoms with Crippen LogP contribution in [0, 0.1) is 0 Å². The Morgan fingerprint density at radius 1 is 1.50 bits per heavy atom. The van der Waals surface area contributed by atoms with Gasteiger partial charge in [-0.1, -0.05) is 6.92 Å². The van der Waals surface area contributed by atoms with Gasteiger partial charge >= 0.3 is 0 Å². The molecule has 1 atom stereocenters. The third kappa shape index (κ3) is 2.08. The van der Waals surface area contributed by atoms with Crippen molar-refractivity contribution in [1.29, 1.82) is 0 Å². The van der Waals surface area contributed by atoms with E-state index >= 15 is 0 Å². The van der Waals surface area contributed by atoms with Crippen molar-refractivity contribution in [3.8, 4) is 0 Å². The second-order valence-corrected chi connectivity index (χ2v) is 2.74. The van der Waals surface area contributed by atoms with Crippen LogP contribution in [0.4, 0.5) is 11.6 Å². The maximum absolute atomic E-state index is 5.59. The van der Waals surface area contributed by atoms with Crippen LogP contribution in [0.2, 0.25) is 0 Å². The molecular weight excluding hydrogens is 152 g/mol. The number of aromatic nitrogens is 2. The Bertz CT molecular complexity index is 249. The Morgan fingerprint density at radius 2 is 2.17 bits per heavy atom. The molecule has 12 heavy (non-hydrogen) atoms. The molecule has 0 aliphatic heterocycles. The van der Waals surface area contributed by atoms with Crippen LogP contribution in [-0.4, -0.2) is 16.0 Å². The molecular formula is C8H14N4. The second-order valence-electron chi connectivity index (χ2n) is 2.74. The molecule has 0 radical (unpaired) electrons. The van der Waals surface area contributed by atoms with Crippen molar-refractivity contribution >= 4 is 11.6 Å². The maximum Gasteiger partial charge on any atom is 0.169 e. The van der Waals surface area contributed by atoms with Crippen molar-refractivity contribution in [2.45, 2.75) is 26.3 Å². The normalized spacial score (nSPS) is 12.5. The quantitative estimate of drug-likeness (QED) is 0.709. The van der Waals surface area contributed by atoms with Crippen LogP contribution >= 0.6 is 0 Å². The Hall–Kier alpha value is -1.32. The van der Waals surface area contributed by atoms with Crippen molar-refractivity contribution < 1.29 is 0 Å². The highest BCUT2D eigenvalue weighted by Crippen LogP contribution is 2.11. The SMILES string of the molecule is CCC(C)Nc1nccnc1N. The number of anilines is 2. The first-order valence-corrected chi connectivity index (χ1v) is 4.07. The van der Waals surface area contributed by atoms with Crippen LogP contribution in [-0.2, 0) is 0 Å². The molecule has 66 valence electrons. The van der Waals surface area contributed by atoms with E-state index in [0.29, 0.717) is 17.7 Å². The van der Waals surface area contributed by atoms with Crippen LogP contribution in [0.5, 0.6) is 0 Å². The summed E-state index contributed by atoms with van der Waals surface area (Å²) in [5, 5.41) is 3.16. The molecule has 0 aromatic carbocycles. The van der Waals surface area contributed by atoms with E-state index in [9.17, 15) is 0 Å². The summed E-state index contributed by atoms with van der Waals surface area (Å²) in [5.41, 5.74) is 5.59. The first-order valence-electron chi connectivity index (χ1n) is 4.07. The van der Waals surface area contributed by atoms with Gasteiger partial charge in [0, 0.05) is 18.4 Å². The molecule has 0 amide bonds. The molecule has 1 unspecified atom stereocenters. The van der Waals surface area contributed by atoms with E-state index in [1.54, 1.807) is 12.4 Å². The van der Waals surface area contributed by atoms with Gasteiger partial charge in [-0.25, -0.2) is 9.97 Å². The van der Waals surface area contributed by atoms with Crippen molar-refractivity contribution in [2.24, 2.45) is 0 Å². The fraction of sp³-hybridized carbons (Fsp3) is 0.500. The highest BCUT2D eigenvalue weighted by Gasteiger charge is 2.02. The van der Waals surface area contributed by atoms with Gasteiger partial charge in [0.2, 0.25) is 0 Å². The van der Waals surface area contributed by atoms with Gasteiger partial charge in [0.25, 0.3) is 0 Å². The van der Waals surface area contributed by atoms with Crippen molar-refractivity contribution in [3.63, 3.8) is 0 Å². The van der Waals surface area contributed by atoms with E-state index in [1.807, 2.05) is 0 Å². The average Bonchev–Trinajstić information content (AvgIpc) is 2.09. The van der Waals surface area contributed by atoms with Crippen LogP contribution < -0.4 is 11.1 Å². The average molecular weight is 166 g/mol. The topological polar surface area (TPSA) is 63.8 Å². The van der Waals surface area contributed by atoms with E-state index in [-0.39, 0.29) is 0 Å². The molecule has 1 aromatic rings. The van der Waals surface area contributed by atoms with Crippen molar-refractivity contribution in [3.05, 3.63) is 12.4 Å². The van der Waals surface area contributed by atoms with Crippen LogP contribution in [0.3, 0.4) is 0 Å². The Labute approximate surface area is 72.2 Å². The lowest BCUT2D eigenvalue weighted by Gasteiger charge is -2.12. The highest BCUT2D eigenvalue weighted by atomic mass is 15.1. The number of nitrogen functional groups attached to an aromatic ring is 1. The fourth-order valence-electron chi connectivity index (χ4n) is 0.795. The molecule has 0 aliphatic rings. The maximum atomic E-state index is 5.59. The smallest absolute Gasteiger partial charge is 0.169 e. The first-order chi connectivity index (χ1) is 5.74. The molecule has 4 nitrogen and oxygen atoms in total. The summed E-state index contributed by atoms with van der Waals surface area (Å²) in [6, 6.07) is 0.379. The van der Waals surface area contributed by atoms with E-state index in [0.717, 1.165) is 6.42 Å². The summed E-state index contributed by atoms with van der Waals surface area (Å²) in [7, 11) is 0. The standard InChI is InChI=1S/C8H14N4/c1-3-6(2)12-8-7(9)10-4-5-11-8/h4-6H,3H2,1-2H3,(H2,9,10)(H,11,12). The lowest BCUT2D eigenvalue weighted by atomic mass is 10.2. The largest absolute Gasteiger partial charge is 0.381 e. The minimum absolute atomic E-state index is 0.379. The van der Waals surface area contributed by atoms with E-state index in [4.69, 9.17) is 5.73 Å². The zero-order valence-corrected chi connectivity index (χ0v) is 7.41. The molecule has 1 aromatic heterocycles. The molecule has 0 aliphatic carbocycles. The number of nitrogens with one attached hydrogen (secondary N) is 1. The summed E-state index contributed by atoms with van der Waals surface area (Å²) in [6.07, 6.45) is 4.24. The second kappa shape index (κ2) is 3.90. The number of nitrogens with zero attached hydrogens (tertiary/aromatic N) is 2. The zero-order valence-electron chi connectivity index (χ0n) is 7.41. The fourth-order valence-corrected chi connectivity index (χ4v) is 0.795. The lowest BCUT2D eigenvalue weighted by molar-refractivity contribution is 0.759. The zero-order chi connectivity index (χ0) is 8.97. The Morgan fingerprint density at radius 3 is 2.75 bits per heavy atom. The summed E-state index contributed by atoms with van der Waals surface area (Å²) < 4.78 is 0. The first kappa shape index (κ1) is 8.77.